The molecule has 0 fully saturated rings. The first kappa shape index (κ1) is 78.5. The van der Waals surface area contributed by atoms with Crippen molar-refractivity contribution in [3.8, 4) is 17.2 Å². The third-order valence-electron chi connectivity index (χ3n) is 16.6. The summed E-state index contributed by atoms with van der Waals surface area (Å²) >= 11 is -9.88. The van der Waals surface area contributed by atoms with Gasteiger partial charge in [-0.25, -0.2) is 0 Å². The molecule has 5 rings (SSSR count). The molecule has 0 aromatic heterocycles. The molecule has 0 aliphatic heterocycles. The second kappa shape index (κ2) is 39.4. The molecule has 0 N–H and O–H groups in total. The normalized spacial score (nSPS) is 12.0. The summed E-state index contributed by atoms with van der Waals surface area (Å²) in [6.07, 6.45) is 15.2. The van der Waals surface area contributed by atoms with Crippen molar-refractivity contribution in [1.82, 2.24) is 0 Å². The van der Waals surface area contributed by atoms with E-state index in [1.165, 1.54) is 80.2 Å². The van der Waals surface area contributed by atoms with Gasteiger partial charge in [-0.2, -0.15) is 0 Å². The van der Waals surface area contributed by atoms with Crippen LogP contribution in [0.25, 0.3) is 0 Å². The van der Waals surface area contributed by atoms with Gasteiger partial charge in [0.05, 0.1) is 0 Å². The Kier molecular flexibility index (Phi) is 38.1. The second-order valence-corrected chi connectivity index (χ2v) is 105. The monoisotopic (exact) mass is 1660 g/mol. The summed E-state index contributed by atoms with van der Waals surface area (Å²) in [7, 11) is 3.74. The Labute approximate surface area is 524 Å². The van der Waals surface area contributed by atoms with Gasteiger partial charge in [-0.3, -0.25) is 0 Å². The summed E-state index contributed by atoms with van der Waals surface area (Å²) in [6, 6.07) is 44.9. The number of hydrogen-bond acceptors (Lipinski definition) is 3. The average molecular weight is 1660 g/mol. The van der Waals surface area contributed by atoms with Crippen LogP contribution in [0.5, 0.6) is 17.2 Å². The van der Waals surface area contributed by atoms with Crippen LogP contribution < -0.4 is 37.3 Å². The average Bonchev–Trinajstić information content (AvgIpc) is 3.42. The molecule has 0 saturated carbocycles. The summed E-state index contributed by atoms with van der Waals surface area (Å²) < 4.78 is 28.6. The molecule has 81 heavy (non-hydrogen) atoms. The number of ether oxygens (including phenoxy) is 3. The Morgan fingerprint density at radius 1 is 0.432 bits per heavy atom. The molecular weight excluding hydrogens is 1530 g/mol. The van der Waals surface area contributed by atoms with Crippen LogP contribution in [-0.4, -0.2) is 121 Å². The Hall–Kier alpha value is -0.550. The molecule has 0 atom stereocenters. The maximum absolute atomic E-state index is 5.50. The van der Waals surface area contributed by atoms with Crippen molar-refractivity contribution in [2.45, 2.75) is 216 Å². The third-order valence-corrected chi connectivity index (χ3v) is 63.4. The Balaban J connectivity index is 0.000000515. The first-order valence-electron chi connectivity index (χ1n) is 31.6. The van der Waals surface area contributed by atoms with Crippen LogP contribution in [0.3, 0.4) is 0 Å². The van der Waals surface area contributed by atoms with E-state index in [9.17, 15) is 0 Å². The predicted octanol–water partition coefficient (Wildman–Crippen LogP) is 19.5. The zero-order chi connectivity index (χ0) is 61.7. The SMILES string of the molecule is C=CCCCCc1cc[c]([Sn]([CH3])([CH3])[CH3])cc1.CC(C)[Si](c1cccc[c]1[Sn]([CH3])([CH3])[CH3])(C(C)C)C(C)C.CCC[CH2][Sn]([CH2]CCC)([CH2]CCC)[c]1cccc(OC)c1.COc1cc[c]([Sn]([CH3])([CH3])[CH3])cc1.COc1cccc[c]1[Sn]([CH3])([CH3])[CH3]. The molecule has 5 aromatic carbocycles. The van der Waals surface area contributed by atoms with E-state index in [1.54, 1.807) is 40.8 Å². The quantitative estimate of drug-likeness (QED) is 0.0314. The third kappa shape index (κ3) is 27.2. The molecular formula is C72H124O3SiSn5. The number of methoxy groups -OCH3 is 3. The van der Waals surface area contributed by atoms with Crippen molar-refractivity contribution in [2.24, 2.45) is 0 Å². The van der Waals surface area contributed by atoms with Crippen molar-refractivity contribution in [1.29, 1.82) is 0 Å². The van der Waals surface area contributed by atoms with Gasteiger partial charge in [-0.1, -0.05) is 0 Å². The Morgan fingerprint density at radius 3 is 1.25 bits per heavy atom. The van der Waals surface area contributed by atoms with Gasteiger partial charge in [0.2, 0.25) is 0 Å². The first-order chi connectivity index (χ1) is 37.9. The zero-order valence-corrected chi connectivity index (χ0v) is 72.3. The summed E-state index contributed by atoms with van der Waals surface area (Å²) in [5.74, 6) is 3.08. The predicted molar refractivity (Wildman–Crippen MR) is 387 cm³/mol. The van der Waals surface area contributed by atoms with Gasteiger partial charge in [-0.15, -0.1) is 0 Å². The molecule has 0 aliphatic carbocycles. The maximum atomic E-state index is 5.50. The molecule has 0 bridgehead atoms. The van der Waals surface area contributed by atoms with Gasteiger partial charge in [0.1, 0.15) is 0 Å². The van der Waals surface area contributed by atoms with Crippen molar-refractivity contribution in [3.05, 3.63) is 140 Å². The molecule has 0 aliphatic rings. The molecule has 0 spiro atoms. The Morgan fingerprint density at radius 2 is 0.864 bits per heavy atom. The first-order valence-corrected chi connectivity index (χ1v) is 81.3. The fourth-order valence-corrected chi connectivity index (χ4v) is 54.3. The van der Waals surface area contributed by atoms with Crippen LogP contribution in [-0.2, 0) is 6.42 Å². The fourth-order valence-electron chi connectivity index (χ4n) is 11.9. The van der Waals surface area contributed by atoms with E-state index in [-0.39, 0.29) is 0 Å². The van der Waals surface area contributed by atoms with E-state index in [0.29, 0.717) is 0 Å². The van der Waals surface area contributed by atoms with E-state index in [1.807, 2.05) is 12.1 Å². The number of hydrogen-bond donors (Lipinski definition) is 0. The summed E-state index contributed by atoms with van der Waals surface area (Å²) in [6.45, 7) is 25.6. The molecule has 0 saturated heterocycles. The molecule has 454 valence electrons. The minimum absolute atomic E-state index is 0.803. The number of unbranched alkanes of at least 4 members (excludes halogenated alkanes) is 5. The van der Waals surface area contributed by atoms with Gasteiger partial charge in [0.15, 0.2) is 0 Å². The summed E-state index contributed by atoms with van der Waals surface area (Å²) in [5.41, 5.74) is 3.90. The topological polar surface area (TPSA) is 27.7 Å². The van der Waals surface area contributed by atoms with Crippen molar-refractivity contribution in [3.63, 3.8) is 0 Å². The van der Waals surface area contributed by atoms with E-state index in [4.69, 9.17) is 14.2 Å². The molecule has 3 nitrogen and oxygen atoms in total. The summed E-state index contributed by atoms with van der Waals surface area (Å²) in [4.78, 5) is 29.5. The van der Waals surface area contributed by atoms with Gasteiger partial charge in [-0.05, 0) is 0 Å². The van der Waals surface area contributed by atoms with E-state index >= 15 is 0 Å². The Bertz CT molecular complexity index is 2410. The van der Waals surface area contributed by atoms with E-state index < -0.39 is 100.0 Å². The van der Waals surface area contributed by atoms with Crippen LogP contribution in [0.15, 0.2) is 134 Å². The zero-order valence-electron chi connectivity index (χ0n) is 57.0. The number of benzene rings is 5. The molecule has 0 heterocycles. The van der Waals surface area contributed by atoms with E-state index in [2.05, 4.69) is 243 Å². The number of aryl methyl sites for hydroxylation is 1. The molecule has 0 radical (unpaired) electrons. The van der Waals surface area contributed by atoms with Crippen LogP contribution in [0.4, 0.5) is 0 Å². The van der Waals surface area contributed by atoms with Gasteiger partial charge in [0, 0.05) is 0 Å². The number of rotatable bonds is 26. The van der Waals surface area contributed by atoms with Gasteiger partial charge < -0.3 is 0 Å². The van der Waals surface area contributed by atoms with Crippen molar-refractivity contribution < 1.29 is 14.2 Å². The minimum atomic E-state index is -2.24. The van der Waals surface area contributed by atoms with Gasteiger partial charge >= 0.3 is 531 Å². The second-order valence-electron chi connectivity index (χ2n) is 27.9. The summed E-state index contributed by atoms with van der Waals surface area (Å²) in [5, 5.41) is 1.79. The molecule has 0 unspecified atom stereocenters. The van der Waals surface area contributed by atoms with Crippen LogP contribution in [0, 0.1) is 0 Å². The number of para-hydroxylation sites is 1. The fraction of sp³-hybridized carbons (Fsp3) is 0.556. The molecule has 0 amide bonds. The number of allylic oxidation sites excluding steroid dienone is 1. The van der Waals surface area contributed by atoms with Gasteiger partial charge in [0.25, 0.3) is 0 Å². The van der Waals surface area contributed by atoms with Crippen LogP contribution >= 0.6 is 0 Å². The van der Waals surface area contributed by atoms with Crippen molar-refractivity contribution >= 4 is 123 Å². The van der Waals surface area contributed by atoms with Crippen LogP contribution in [0.1, 0.15) is 126 Å². The van der Waals surface area contributed by atoms with Crippen LogP contribution in [0.2, 0.25) is 89.2 Å². The van der Waals surface area contributed by atoms with Crippen molar-refractivity contribution in [2.75, 3.05) is 21.3 Å². The molecule has 5 aromatic rings. The van der Waals surface area contributed by atoms with E-state index in [0.717, 1.165) is 40.3 Å². The molecule has 9 heteroatoms. The standard InChI is InChI=1S/C15H25Si.C12H15.3C7H7O.3C4H9.12CH3.5Sn/c1-12(2)16(13(3)4,14(5)6)15-10-8-7-9-11-15;1-2-3-4-6-9-12-10-7-5-8-11-12;3*1-8-7-5-3-2-4-6-7;3*1-3-4-2;;;;;;;;;;;;;;;;;/h7-10,12-14H,1-6H3;2,7-8,10-11H,1,3-4,6,9H2;3-6H,1H3;2-3,5-6H,1H3;2-5H,1H3;3*1,3-4H2,2H3;12*1H3;;;;;.